The number of hydrogen-bond donors (Lipinski definition) is 1. The van der Waals surface area contributed by atoms with Crippen molar-refractivity contribution in [2.24, 2.45) is 0 Å². The van der Waals surface area contributed by atoms with E-state index in [1.54, 1.807) is 13.2 Å². The van der Waals surface area contributed by atoms with Crippen LogP contribution in [0.4, 0.5) is 17.2 Å². The first-order valence-corrected chi connectivity index (χ1v) is 6.42. The summed E-state index contributed by atoms with van der Waals surface area (Å²) in [4.78, 5) is 6.38. The highest BCUT2D eigenvalue weighted by Crippen LogP contribution is 2.28. The summed E-state index contributed by atoms with van der Waals surface area (Å²) in [6.45, 7) is 2.43. The van der Waals surface area contributed by atoms with Crippen LogP contribution in [0.2, 0.25) is 0 Å². The average molecular weight is 273 g/mol. The smallest absolute Gasteiger partial charge is 0.239 e. The molecule has 106 valence electrons. The summed E-state index contributed by atoms with van der Waals surface area (Å²) in [5, 5.41) is 0. The minimum atomic E-state index is 0.458. The molecule has 5 heteroatoms. The lowest BCUT2D eigenvalue weighted by Crippen LogP contribution is -2.12. The highest BCUT2D eigenvalue weighted by molar-refractivity contribution is 5.64. The quantitative estimate of drug-likeness (QED) is 0.907. The van der Waals surface area contributed by atoms with Crippen LogP contribution in [0, 0.1) is 0 Å². The molecule has 0 aliphatic heterocycles. The van der Waals surface area contributed by atoms with Crippen LogP contribution in [0.5, 0.6) is 11.6 Å². The third-order valence-electron chi connectivity index (χ3n) is 2.94. The van der Waals surface area contributed by atoms with E-state index >= 15 is 0 Å². The number of rotatable bonds is 5. The van der Waals surface area contributed by atoms with Crippen molar-refractivity contribution in [3.05, 3.63) is 36.4 Å². The van der Waals surface area contributed by atoms with Crippen molar-refractivity contribution in [3.63, 3.8) is 0 Å². The lowest BCUT2D eigenvalue weighted by Gasteiger charge is -2.20. The zero-order valence-electron chi connectivity index (χ0n) is 12.0. The predicted molar refractivity (Wildman–Crippen MR) is 80.9 cm³/mol. The highest BCUT2D eigenvalue weighted by Gasteiger charge is 2.10. The lowest BCUT2D eigenvalue weighted by atomic mass is 10.2. The molecule has 0 fully saturated rings. The summed E-state index contributed by atoms with van der Waals surface area (Å²) in [6, 6.07) is 11.4. The van der Waals surface area contributed by atoms with Gasteiger partial charge in [0.05, 0.1) is 19.4 Å². The zero-order chi connectivity index (χ0) is 14.5. The lowest BCUT2D eigenvalue weighted by molar-refractivity contribution is 0.329. The molecule has 1 heterocycles. The van der Waals surface area contributed by atoms with E-state index in [0.29, 0.717) is 18.2 Å². The van der Waals surface area contributed by atoms with Gasteiger partial charge in [-0.1, -0.05) is 6.07 Å². The predicted octanol–water partition coefficient (Wildman–Crippen LogP) is 2.84. The van der Waals surface area contributed by atoms with Gasteiger partial charge in [0.2, 0.25) is 5.88 Å². The number of pyridine rings is 1. The van der Waals surface area contributed by atoms with E-state index in [4.69, 9.17) is 15.2 Å². The van der Waals surface area contributed by atoms with Gasteiger partial charge in [-0.05, 0) is 31.2 Å². The van der Waals surface area contributed by atoms with Gasteiger partial charge in [0.1, 0.15) is 11.6 Å². The molecule has 0 spiro atoms. The molecule has 0 radical (unpaired) electrons. The SMILES string of the molecule is CCOc1nc(N(C)c2cccc(OC)c2)ccc1N. The van der Waals surface area contributed by atoms with Gasteiger partial charge in [0.15, 0.2) is 0 Å². The first-order chi connectivity index (χ1) is 9.65. The van der Waals surface area contributed by atoms with Gasteiger partial charge in [0, 0.05) is 18.8 Å². The van der Waals surface area contributed by atoms with Gasteiger partial charge in [-0.2, -0.15) is 4.98 Å². The van der Waals surface area contributed by atoms with Gasteiger partial charge in [-0.15, -0.1) is 0 Å². The van der Waals surface area contributed by atoms with E-state index in [1.165, 1.54) is 0 Å². The van der Waals surface area contributed by atoms with Crippen molar-refractivity contribution in [1.82, 2.24) is 4.98 Å². The second kappa shape index (κ2) is 6.14. The van der Waals surface area contributed by atoms with Gasteiger partial charge >= 0.3 is 0 Å². The summed E-state index contributed by atoms with van der Waals surface area (Å²) in [5.74, 6) is 2.02. The number of nitrogens with two attached hydrogens (primary N) is 1. The number of anilines is 3. The first-order valence-electron chi connectivity index (χ1n) is 6.42. The molecule has 0 saturated carbocycles. The molecular formula is C15H19N3O2. The fourth-order valence-electron chi connectivity index (χ4n) is 1.83. The van der Waals surface area contributed by atoms with Crippen LogP contribution < -0.4 is 20.1 Å². The topological polar surface area (TPSA) is 60.6 Å². The fraction of sp³-hybridized carbons (Fsp3) is 0.267. The molecular weight excluding hydrogens is 254 g/mol. The number of nitrogens with zero attached hydrogens (tertiary/aromatic N) is 2. The Kier molecular flexibility index (Phi) is 4.30. The van der Waals surface area contributed by atoms with Crippen LogP contribution in [0.3, 0.4) is 0 Å². The zero-order valence-corrected chi connectivity index (χ0v) is 12.0. The van der Waals surface area contributed by atoms with E-state index in [0.717, 1.165) is 17.3 Å². The maximum absolute atomic E-state index is 5.83. The monoisotopic (exact) mass is 273 g/mol. The third kappa shape index (κ3) is 2.93. The average Bonchev–Trinajstić information content (AvgIpc) is 2.49. The first kappa shape index (κ1) is 14.0. The Morgan fingerprint density at radius 3 is 2.75 bits per heavy atom. The molecule has 0 atom stereocenters. The van der Waals surface area contributed by atoms with Crippen LogP contribution in [0.25, 0.3) is 0 Å². The summed E-state index contributed by atoms with van der Waals surface area (Å²) < 4.78 is 10.7. The Morgan fingerprint density at radius 2 is 2.05 bits per heavy atom. The highest BCUT2D eigenvalue weighted by atomic mass is 16.5. The Labute approximate surface area is 118 Å². The maximum Gasteiger partial charge on any atom is 0.239 e. The van der Waals surface area contributed by atoms with Crippen LogP contribution in [0.15, 0.2) is 36.4 Å². The number of benzene rings is 1. The van der Waals surface area contributed by atoms with Crippen LogP contribution in [-0.4, -0.2) is 25.7 Å². The molecule has 2 N–H and O–H groups in total. The Hall–Kier alpha value is -2.43. The molecule has 1 aromatic carbocycles. The minimum absolute atomic E-state index is 0.458. The van der Waals surface area contributed by atoms with Gasteiger partial charge in [-0.25, -0.2) is 0 Å². The van der Waals surface area contributed by atoms with Gasteiger partial charge in [0.25, 0.3) is 0 Å². The largest absolute Gasteiger partial charge is 0.497 e. The number of aromatic nitrogens is 1. The summed E-state index contributed by atoms with van der Waals surface area (Å²) in [5.41, 5.74) is 7.35. The van der Waals surface area contributed by atoms with Gasteiger partial charge < -0.3 is 20.1 Å². The molecule has 0 aliphatic carbocycles. The van der Waals surface area contributed by atoms with Crippen molar-refractivity contribution in [2.75, 3.05) is 31.4 Å². The molecule has 1 aromatic heterocycles. The van der Waals surface area contributed by atoms with E-state index in [9.17, 15) is 0 Å². The molecule has 20 heavy (non-hydrogen) atoms. The van der Waals surface area contributed by atoms with E-state index in [1.807, 2.05) is 49.2 Å². The number of nitrogen functional groups attached to an aromatic ring is 1. The molecule has 0 saturated heterocycles. The van der Waals surface area contributed by atoms with Crippen molar-refractivity contribution in [2.45, 2.75) is 6.92 Å². The van der Waals surface area contributed by atoms with E-state index < -0.39 is 0 Å². The van der Waals surface area contributed by atoms with Crippen molar-refractivity contribution in [1.29, 1.82) is 0 Å². The summed E-state index contributed by atoms with van der Waals surface area (Å²) in [7, 11) is 3.58. The van der Waals surface area contributed by atoms with Crippen molar-refractivity contribution in [3.8, 4) is 11.6 Å². The minimum Gasteiger partial charge on any atom is -0.497 e. The second-order valence-electron chi connectivity index (χ2n) is 4.26. The van der Waals surface area contributed by atoms with E-state index in [-0.39, 0.29) is 0 Å². The van der Waals surface area contributed by atoms with Crippen LogP contribution in [-0.2, 0) is 0 Å². The normalized spacial score (nSPS) is 10.2. The van der Waals surface area contributed by atoms with Crippen molar-refractivity contribution < 1.29 is 9.47 Å². The van der Waals surface area contributed by atoms with Crippen LogP contribution in [0.1, 0.15) is 6.92 Å². The number of hydrogen-bond acceptors (Lipinski definition) is 5. The van der Waals surface area contributed by atoms with Gasteiger partial charge in [-0.3, -0.25) is 0 Å². The fourth-order valence-corrected chi connectivity index (χ4v) is 1.83. The van der Waals surface area contributed by atoms with Crippen molar-refractivity contribution >= 4 is 17.2 Å². The molecule has 2 rings (SSSR count). The Morgan fingerprint density at radius 1 is 1.25 bits per heavy atom. The molecule has 0 aliphatic rings. The van der Waals surface area contributed by atoms with Crippen LogP contribution >= 0.6 is 0 Å². The standard InChI is InChI=1S/C15H19N3O2/c1-4-20-15-13(16)8-9-14(17-15)18(2)11-6-5-7-12(10-11)19-3/h5-10H,4,16H2,1-3H3. The maximum atomic E-state index is 5.83. The molecule has 2 aromatic rings. The Balaban J connectivity index is 2.32. The summed E-state index contributed by atoms with van der Waals surface area (Å²) in [6.07, 6.45) is 0. The molecule has 0 amide bonds. The second-order valence-corrected chi connectivity index (χ2v) is 4.26. The Bertz CT molecular complexity index is 587. The number of ether oxygens (including phenoxy) is 2. The third-order valence-corrected chi connectivity index (χ3v) is 2.94. The van der Waals surface area contributed by atoms with E-state index in [2.05, 4.69) is 4.98 Å². The molecule has 5 nitrogen and oxygen atoms in total. The number of methoxy groups -OCH3 is 1. The molecule has 0 unspecified atom stereocenters. The summed E-state index contributed by atoms with van der Waals surface area (Å²) >= 11 is 0. The molecule has 0 bridgehead atoms.